The average molecular weight is 241 g/mol. The minimum atomic E-state index is -0.164. The zero-order valence-electron chi connectivity index (χ0n) is 10.8. The number of unbranched alkanes of at least 4 members (excludes halogenated alkanes) is 1. The van der Waals surface area contributed by atoms with E-state index in [2.05, 4.69) is 12.4 Å². The number of hydrogen-bond donors (Lipinski definition) is 1. The molecule has 0 aromatic heterocycles. The molecule has 0 radical (unpaired) electrons. The van der Waals surface area contributed by atoms with Crippen molar-refractivity contribution < 1.29 is 14.4 Å². The summed E-state index contributed by atoms with van der Waals surface area (Å²) in [5, 5.41) is 0. The van der Waals surface area contributed by atoms with Gasteiger partial charge in [0.15, 0.2) is 0 Å². The lowest BCUT2D eigenvalue weighted by atomic mass is 9.80. The lowest BCUT2D eigenvalue weighted by Crippen LogP contribution is -2.30. The van der Waals surface area contributed by atoms with Crippen LogP contribution in [0.1, 0.15) is 52.4 Å². The number of carbonyl (C=O) groups excluding carboxylic acids is 2. The fourth-order valence-electron chi connectivity index (χ4n) is 2.19. The third-order valence-electron chi connectivity index (χ3n) is 3.44. The van der Waals surface area contributed by atoms with Crippen molar-refractivity contribution >= 4 is 11.8 Å². The summed E-state index contributed by atoms with van der Waals surface area (Å²) in [4.78, 5) is 27.9. The number of ketones is 1. The Morgan fingerprint density at radius 3 is 2.29 bits per heavy atom. The molecule has 0 unspecified atom stereocenters. The number of Topliss-reactive ketones (excluding diaryl/α,β-unsaturated/α-hetero) is 1. The molecular weight excluding hydrogens is 218 g/mol. The third kappa shape index (κ3) is 4.86. The molecule has 17 heavy (non-hydrogen) atoms. The SMILES string of the molecule is CCCCNOC(=O)C1CCC(C(C)=O)CC1. The van der Waals surface area contributed by atoms with Crippen molar-refractivity contribution in [1.82, 2.24) is 5.48 Å². The van der Waals surface area contributed by atoms with Gasteiger partial charge in [-0.2, -0.15) is 5.48 Å². The van der Waals surface area contributed by atoms with Crippen LogP contribution in [0.2, 0.25) is 0 Å². The molecule has 1 saturated carbocycles. The lowest BCUT2D eigenvalue weighted by molar-refractivity contribution is -0.158. The monoisotopic (exact) mass is 241 g/mol. The second-order valence-corrected chi connectivity index (χ2v) is 4.83. The van der Waals surface area contributed by atoms with E-state index in [0.29, 0.717) is 6.54 Å². The first kappa shape index (κ1) is 14.2. The highest BCUT2D eigenvalue weighted by Crippen LogP contribution is 2.29. The van der Waals surface area contributed by atoms with E-state index in [1.807, 2.05) is 0 Å². The predicted molar refractivity (Wildman–Crippen MR) is 65.1 cm³/mol. The number of nitrogens with one attached hydrogen (secondary N) is 1. The molecule has 0 atom stereocenters. The van der Waals surface area contributed by atoms with Crippen molar-refractivity contribution in [2.45, 2.75) is 52.4 Å². The summed E-state index contributed by atoms with van der Waals surface area (Å²) in [5.41, 5.74) is 2.70. The topological polar surface area (TPSA) is 55.4 Å². The Kier molecular flexibility index (Phi) is 6.19. The fourth-order valence-corrected chi connectivity index (χ4v) is 2.19. The molecule has 1 fully saturated rings. The standard InChI is InChI=1S/C13H23NO3/c1-3-4-9-14-17-13(16)12-7-5-11(6-8-12)10(2)15/h11-12,14H,3-9H2,1-2H3. The number of hydrogen-bond acceptors (Lipinski definition) is 4. The summed E-state index contributed by atoms with van der Waals surface area (Å²) in [7, 11) is 0. The van der Waals surface area contributed by atoms with E-state index in [9.17, 15) is 9.59 Å². The molecule has 0 aliphatic heterocycles. The van der Waals surface area contributed by atoms with Crippen molar-refractivity contribution in [3.63, 3.8) is 0 Å². The molecule has 0 aromatic rings. The molecular formula is C13H23NO3. The van der Waals surface area contributed by atoms with Gasteiger partial charge in [0.1, 0.15) is 5.78 Å². The largest absolute Gasteiger partial charge is 0.370 e. The van der Waals surface area contributed by atoms with Crippen molar-refractivity contribution in [1.29, 1.82) is 0 Å². The molecule has 1 rings (SSSR count). The van der Waals surface area contributed by atoms with Gasteiger partial charge in [0, 0.05) is 12.5 Å². The van der Waals surface area contributed by atoms with Gasteiger partial charge in [-0.3, -0.25) is 9.59 Å². The third-order valence-corrected chi connectivity index (χ3v) is 3.44. The Hall–Kier alpha value is -0.900. The Morgan fingerprint density at radius 1 is 1.18 bits per heavy atom. The van der Waals surface area contributed by atoms with Crippen LogP contribution >= 0.6 is 0 Å². The highest BCUT2D eigenvalue weighted by Gasteiger charge is 2.29. The number of hydroxylamine groups is 1. The van der Waals surface area contributed by atoms with E-state index >= 15 is 0 Å². The number of carbonyl (C=O) groups is 2. The van der Waals surface area contributed by atoms with Crippen LogP contribution in [0.4, 0.5) is 0 Å². The van der Waals surface area contributed by atoms with Gasteiger partial charge in [-0.15, -0.1) is 0 Å². The molecule has 1 N–H and O–H groups in total. The van der Waals surface area contributed by atoms with Crippen molar-refractivity contribution in [3.05, 3.63) is 0 Å². The summed E-state index contributed by atoms with van der Waals surface area (Å²) in [6.45, 7) is 4.44. The summed E-state index contributed by atoms with van der Waals surface area (Å²) >= 11 is 0. The molecule has 0 spiro atoms. The van der Waals surface area contributed by atoms with Crippen LogP contribution < -0.4 is 5.48 Å². The van der Waals surface area contributed by atoms with Crippen molar-refractivity contribution in [3.8, 4) is 0 Å². The quantitative estimate of drug-likeness (QED) is 0.572. The maximum atomic E-state index is 11.7. The Labute approximate surface area is 103 Å². The lowest BCUT2D eigenvalue weighted by Gasteiger charge is -2.25. The second kappa shape index (κ2) is 7.43. The van der Waals surface area contributed by atoms with Crippen LogP contribution in [0, 0.1) is 11.8 Å². The average Bonchev–Trinajstić information content (AvgIpc) is 2.34. The zero-order chi connectivity index (χ0) is 12.7. The summed E-state index contributed by atoms with van der Waals surface area (Å²) in [6, 6.07) is 0. The highest BCUT2D eigenvalue weighted by molar-refractivity contribution is 5.79. The van der Waals surface area contributed by atoms with Crippen molar-refractivity contribution in [2.75, 3.05) is 6.54 Å². The minimum absolute atomic E-state index is 0.0280. The zero-order valence-corrected chi connectivity index (χ0v) is 10.8. The van der Waals surface area contributed by atoms with E-state index in [1.54, 1.807) is 6.92 Å². The Morgan fingerprint density at radius 2 is 1.76 bits per heavy atom. The fraction of sp³-hybridized carbons (Fsp3) is 0.846. The van der Waals surface area contributed by atoms with E-state index in [1.165, 1.54) is 0 Å². The maximum absolute atomic E-state index is 11.7. The summed E-state index contributed by atoms with van der Waals surface area (Å²) in [5.74, 6) is 0.216. The summed E-state index contributed by atoms with van der Waals surface area (Å²) in [6.07, 6.45) is 5.28. The van der Waals surface area contributed by atoms with Gasteiger partial charge in [-0.25, -0.2) is 0 Å². The smallest absolute Gasteiger partial charge is 0.327 e. The van der Waals surface area contributed by atoms with Crippen LogP contribution in [0.15, 0.2) is 0 Å². The van der Waals surface area contributed by atoms with Crippen LogP contribution in [0.25, 0.3) is 0 Å². The van der Waals surface area contributed by atoms with Crippen molar-refractivity contribution in [2.24, 2.45) is 11.8 Å². The first-order valence-electron chi connectivity index (χ1n) is 6.59. The molecule has 0 amide bonds. The predicted octanol–water partition coefficient (Wildman–Crippen LogP) is 2.23. The molecule has 4 heteroatoms. The van der Waals surface area contributed by atoms with Crippen LogP contribution in [-0.2, 0) is 14.4 Å². The Balaban J connectivity index is 2.19. The van der Waals surface area contributed by atoms with E-state index in [-0.39, 0.29) is 23.6 Å². The molecule has 4 nitrogen and oxygen atoms in total. The van der Waals surface area contributed by atoms with Gasteiger partial charge in [0.05, 0.1) is 5.92 Å². The summed E-state index contributed by atoms with van der Waals surface area (Å²) < 4.78 is 0. The molecule has 1 aliphatic carbocycles. The van der Waals surface area contributed by atoms with Gasteiger partial charge < -0.3 is 4.84 Å². The highest BCUT2D eigenvalue weighted by atomic mass is 16.7. The van der Waals surface area contributed by atoms with Crippen LogP contribution in [0.3, 0.4) is 0 Å². The van der Waals surface area contributed by atoms with E-state index in [0.717, 1.165) is 38.5 Å². The molecule has 0 bridgehead atoms. The van der Waals surface area contributed by atoms with Gasteiger partial charge in [0.25, 0.3) is 0 Å². The minimum Gasteiger partial charge on any atom is -0.370 e. The van der Waals surface area contributed by atoms with Crippen LogP contribution in [0.5, 0.6) is 0 Å². The van der Waals surface area contributed by atoms with E-state index < -0.39 is 0 Å². The molecule has 1 aliphatic rings. The van der Waals surface area contributed by atoms with Gasteiger partial charge in [-0.05, 0) is 39.0 Å². The number of rotatable bonds is 6. The van der Waals surface area contributed by atoms with Crippen LogP contribution in [-0.4, -0.2) is 18.3 Å². The van der Waals surface area contributed by atoms with Gasteiger partial charge in [-0.1, -0.05) is 13.3 Å². The Bertz CT molecular complexity index is 257. The molecule has 98 valence electrons. The van der Waals surface area contributed by atoms with E-state index in [4.69, 9.17) is 4.84 Å². The molecule has 0 aromatic carbocycles. The maximum Gasteiger partial charge on any atom is 0.327 e. The normalized spacial score (nSPS) is 24.4. The van der Waals surface area contributed by atoms with Gasteiger partial charge >= 0.3 is 5.97 Å². The second-order valence-electron chi connectivity index (χ2n) is 4.83. The van der Waals surface area contributed by atoms with Gasteiger partial charge in [0.2, 0.25) is 0 Å². The first-order valence-corrected chi connectivity index (χ1v) is 6.59. The molecule has 0 heterocycles. The first-order chi connectivity index (χ1) is 8.15. The molecule has 0 saturated heterocycles.